The number of aryl methyl sites for hydroxylation is 1. The van der Waals surface area contributed by atoms with Gasteiger partial charge in [-0.15, -0.1) is 0 Å². The van der Waals surface area contributed by atoms with Crippen LogP contribution in [0.5, 0.6) is 0 Å². The van der Waals surface area contributed by atoms with Gasteiger partial charge in [-0.25, -0.2) is 0 Å². The second-order valence-electron chi connectivity index (χ2n) is 6.87. The van der Waals surface area contributed by atoms with Crippen molar-refractivity contribution in [2.75, 3.05) is 23.8 Å². The van der Waals surface area contributed by atoms with Gasteiger partial charge in [0.15, 0.2) is 0 Å². The van der Waals surface area contributed by atoms with Gasteiger partial charge in [0, 0.05) is 31.0 Å². The zero-order valence-electron chi connectivity index (χ0n) is 14.6. The summed E-state index contributed by atoms with van der Waals surface area (Å²) in [4.78, 5) is 19.1. The van der Waals surface area contributed by atoms with Crippen LogP contribution in [0.4, 0.5) is 11.5 Å². The second-order valence-corrected chi connectivity index (χ2v) is 6.87. The maximum atomic E-state index is 12.6. The SMILES string of the molecule is Cc1ccc(NC(=O)c2ccc3ccc(N(C)CC4CC4)n3c2)cn1. The Morgan fingerprint density at radius 2 is 2.04 bits per heavy atom. The smallest absolute Gasteiger partial charge is 0.257 e. The molecule has 1 amide bonds. The van der Waals surface area contributed by atoms with Crippen molar-refractivity contribution in [1.29, 1.82) is 0 Å². The Hall–Kier alpha value is -2.82. The van der Waals surface area contributed by atoms with E-state index in [4.69, 9.17) is 0 Å². The third-order valence-electron chi connectivity index (χ3n) is 4.68. The lowest BCUT2D eigenvalue weighted by atomic mass is 10.2. The minimum Gasteiger partial charge on any atom is -0.361 e. The normalized spacial score (nSPS) is 13.8. The number of hydrogen-bond donors (Lipinski definition) is 1. The molecule has 3 aromatic rings. The van der Waals surface area contributed by atoms with E-state index in [-0.39, 0.29) is 5.91 Å². The average molecular weight is 334 g/mol. The molecule has 128 valence electrons. The fourth-order valence-electron chi connectivity index (χ4n) is 3.06. The van der Waals surface area contributed by atoms with E-state index in [1.807, 2.05) is 37.4 Å². The van der Waals surface area contributed by atoms with Crippen LogP contribution < -0.4 is 10.2 Å². The third-order valence-corrected chi connectivity index (χ3v) is 4.68. The van der Waals surface area contributed by atoms with Gasteiger partial charge in [0.1, 0.15) is 5.82 Å². The van der Waals surface area contributed by atoms with Crippen molar-refractivity contribution in [3.63, 3.8) is 0 Å². The summed E-state index contributed by atoms with van der Waals surface area (Å²) in [5, 5.41) is 2.90. The van der Waals surface area contributed by atoms with Crippen molar-refractivity contribution in [1.82, 2.24) is 9.38 Å². The molecule has 0 aromatic carbocycles. The number of carbonyl (C=O) groups excluding carboxylic acids is 1. The molecule has 0 saturated heterocycles. The molecule has 1 aliphatic carbocycles. The lowest BCUT2D eigenvalue weighted by Crippen LogP contribution is -2.21. The Labute approximate surface area is 147 Å². The van der Waals surface area contributed by atoms with Crippen LogP contribution in [0.25, 0.3) is 5.52 Å². The van der Waals surface area contributed by atoms with Crippen molar-refractivity contribution < 1.29 is 4.79 Å². The first-order chi connectivity index (χ1) is 12.1. The van der Waals surface area contributed by atoms with Gasteiger partial charge >= 0.3 is 0 Å². The molecule has 0 unspecified atom stereocenters. The number of anilines is 2. The second kappa shape index (κ2) is 6.24. The first-order valence-electron chi connectivity index (χ1n) is 8.66. The van der Waals surface area contributed by atoms with Crippen LogP contribution in [0.1, 0.15) is 28.9 Å². The fourth-order valence-corrected chi connectivity index (χ4v) is 3.06. The number of fused-ring (bicyclic) bond motifs is 1. The van der Waals surface area contributed by atoms with Gasteiger partial charge in [0.05, 0.1) is 17.4 Å². The van der Waals surface area contributed by atoms with Crippen LogP contribution in [-0.4, -0.2) is 28.9 Å². The summed E-state index contributed by atoms with van der Waals surface area (Å²) < 4.78 is 2.09. The molecule has 1 N–H and O–H groups in total. The van der Waals surface area contributed by atoms with E-state index in [0.29, 0.717) is 11.3 Å². The summed E-state index contributed by atoms with van der Waals surface area (Å²) >= 11 is 0. The van der Waals surface area contributed by atoms with E-state index in [1.165, 1.54) is 12.8 Å². The van der Waals surface area contributed by atoms with Gasteiger partial charge in [0.25, 0.3) is 5.91 Å². The maximum Gasteiger partial charge on any atom is 0.257 e. The van der Waals surface area contributed by atoms with Gasteiger partial charge in [0.2, 0.25) is 0 Å². The van der Waals surface area contributed by atoms with Crippen molar-refractivity contribution in [2.24, 2.45) is 5.92 Å². The third kappa shape index (κ3) is 3.36. The highest BCUT2D eigenvalue weighted by Crippen LogP contribution is 2.31. The predicted molar refractivity (Wildman–Crippen MR) is 100 cm³/mol. The predicted octanol–water partition coefficient (Wildman–Crippen LogP) is 3.74. The van der Waals surface area contributed by atoms with E-state index >= 15 is 0 Å². The molecule has 5 heteroatoms. The molecule has 5 nitrogen and oxygen atoms in total. The van der Waals surface area contributed by atoms with Gasteiger partial charge in [-0.2, -0.15) is 0 Å². The van der Waals surface area contributed by atoms with Crippen LogP contribution in [-0.2, 0) is 0 Å². The first-order valence-corrected chi connectivity index (χ1v) is 8.66. The number of pyridine rings is 2. The molecule has 25 heavy (non-hydrogen) atoms. The molecule has 0 bridgehead atoms. The van der Waals surface area contributed by atoms with E-state index in [0.717, 1.165) is 29.5 Å². The van der Waals surface area contributed by atoms with E-state index < -0.39 is 0 Å². The van der Waals surface area contributed by atoms with Crippen LogP contribution in [0.3, 0.4) is 0 Å². The van der Waals surface area contributed by atoms with Crippen LogP contribution >= 0.6 is 0 Å². The van der Waals surface area contributed by atoms with Gasteiger partial charge < -0.3 is 14.6 Å². The van der Waals surface area contributed by atoms with Gasteiger partial charge in [-0.1, -0.05) is 0 Å². The molecular weight excluding hydrogens is 312 g/mol. The first kappa shape index (κ1) is 15.7. The largest absolute Gasteiger partial charge is 0.361 e. The number of amides is 1. The summed E-state index contributed by atoms with van der Waals surface area (Å²) in [5.74, 6) is 1.81. The van der Waals surface area contributed by atoms with E-state index in [1.54, 1.807) is 6.20 Å². The number of rotatable bonds is 5. The van der Waals surface area contributed by atoms with Gasteiger partial charge in [-0.3, -0.25) is 9.78 Å². The Balaban J connectivity index is 1.58. The Morgan fingerprint density at radius 3 is 2.76 bits per heavy atom. The summed E-state index contributed by atoms with van der Waals surface area (Å²) in [7, 11) is 2.12. The standard InChI is InChI=1S/C20H22N4O/c1-14-3-7-17(11-21-14)22-20(25)16-6-8-18-9-10-19(24(18)13-16)23(2)12-15-4-5-15/h3,6-11,13,15H,4-5,12H2,1-2H3,(H,22,25). The molecule has 3 aromatic heterocycles. The summed E-state index contributed by atoms with van der Waals surface area (Å²) in [5.41, 5.74) is 3.35. The summed E-state index contributed by atoms with van der Waals surface area (Å²) in [6.45, 7) is 2.99. The quantitative estimate of drug-likeness (QED) is 0.773. The molecule has 0 atom stereocenters. The van der Waals surface area contributed by atoms with Gasteiger partial charge in [-0.05, 0) is 62.1 Å². The summed E-state index contributed by atoms with van der Waals surface area (Å²) in [6.07, 6.45) is 6.24. The Bertz CT molecular complexity index is 909. The molecule has 4 rings (SSSR count). The molecule has 1 fully saturated rings. The minimum absolute atomic E-state index is 0.128. The maximum absolute atomic E-state index is 12.6. The number of nitrogens with one attached hydrogen (secondary N) is 1. The highest BCUT2D eigenvalue weighted by molar-refractivity contribution is 6.04. The number of aromatic nitrogens is 2. The summed E-state index contributed by atoms with van der Waals surface area (Å²) in [6, 6.07) is 11.8. The molecule has 0 radical (unpaired) electrons. The van der Waals surface area contributed by atoms with Crippen LogP contribution in [0.2, 0.25) is 0 Å². The average Bonchev–Trinajstić information content (AvgIpc) is 3.32. The monoisotopic (exact) mass is 334 g/mol. The molecule has 1 saturated carbocycles. The minimum atomic E-state index is -0.128. The van der Waals surface area contributed by atoms with Crippen molar-refractivity contribution in [3.8, 4) is 0 Å². The topological polar surface area (TPSA) is 49.6 Å². The lowest BCUT2D eigenvalue weighted by molar-refractivity contribution is 0.102. The highest BCUT2D eigenvalue weighted by atomic mass is 16.1. The van der Waals surface area contributed by atoms with Crippen LogP contribution in [0, 0.1) is 12.8 Å². The molecular formula is C20H22N4O. The van der Waals surface area contributed by atoms with Crippen molar-refractivity contribution in [3.05, 3.63) is 60.0 Å². The van der Waals surface area contributed by atoms with Crippen molar-refractivity contribution >= 4 is 22.9 Å². The zero-order valence-corrected chi connectivity index (χ0v) is 14.6. The van der Waals surface area contributed by atoms with E-state index in [9.17, 15) is 4.79 Å². The molecule has 3 heterocycles. The molecule has 1 aliphatic rings. The lowest BCUT2D eigenvalue weighted by Gasteiger charge is -2.19. The Morgan fingerprint density at radius 1 is 1.24 bits per heavy atom. The van der Waals surface area contributed by atoms with E-state index in [2.05, 4.69) is 38.8 Å². The Kier molecular flexibility index (Phi) is 3.92. The molecule has 0 aliphatic heterocycles. The molecule has 0 spiro atoms. The number of hydrogen-bond acceptors (Lipinski definition) is 3. The van der Waals surface area contributed by atoms with Crippen LogP contribution in [0.15, 0.2) is 48.8 Å². The van der Waals surface area contributed by atoms with Crippen molar-refractivity contribution in [2.45, 2.75) is 19.8 Å². The number of nitrogens with zero attached hydrogens (tertiary/aromatic N) is 3. The number of carbonyl (C=O) groups is 1. The highest BCUT2D eigenvalue weighted by Gasteiger charge is 2.23. The fraction of sp³-hybridized carbons (Fsp3) is 0.300. The zero-order chi connectivity index (χ0) is 17.4.